The summed E-state index contributed by atoms with van der Waals surface area (Å²) < 4.78 is 7.04. The molecule has 0 saturated carbocycles. The predicted molar refractivity (Wildman–Crippen MR) is 105 cm³/mol. The zero-order chi connectivity index (χ0) is 18.3. The van der Waals surface area contributed by atoms with Crippen molar-refractivity contribution in [2.75, 3.05) is 12.8 Å². The normalized spacial score (nSPS) is 11.0. The average molecular weight is 385 g/mol. The number of rotatable bonds is 3. The van der Waals surface area contributed by atoms with Crippen molar-refractivity contribution in [2.24, 2.45) is 0 Å². The van der Waals surface area contributed by atoms with E-state index in [1.807, 2.05) is 47.1 Å². The number of halogens is 2. The lowest BCUT2D eigenvalue weighted by molar-refractivity contribution is 0.415. The van der Waals surface area contributed by atoms with Crippen molar-refractivity contribution in [3.63, 3.8) is 0 Å². The maximum Gasteiger partial charge on any atom is 0.180 e. The van der Waals surface area contributed by atoms with Gasteiger partial charge in [-0.05, 0) is 12.1 Å². The second-order valence-electron chi connectivity index (χ2n) is 5.71. The summed E-state index contributed by atoms with van der Waals surface area (Å²) in [6.07, 6.45) is 3.76. The van der Waals surface area contributed by atoms with E-state index < -0.39 is 0 Å². The highest BCUT2D eigenvalue weighted by Gasteiger charge is 2.14. The molecule has 0 aliphatic carbocycles. The van der Waals surface area contributed by atoms with Gasteiger partial charge in [-0.15, -0.1) is 0 Å². The zero-order valence-electron chi connectivity index (χ0n) is 13.8. The molecule has 2 heterocycles. The SMILES string of the molecule is COc1c(Cl)cc(-c2cn3cc(-c4ccccc4)nc(N)c3n2)cc1Cl. The molecule has 0 saturated heterocycles. The smallest absolute Gasteiger partial charge is 0.180 e. The Bertz CT molecular complexity index is 1090. The number of benzene rings is 2. The number of nitrogens with zero attached hydrogens (tertiary/aromatic N) is 3. The van der Waals surface area contributed by atoms with E-state index >= 15 is 0 Å². The minimum Gasteiger partial charge on any atom is -0.494 e. The minimum absolute atomic E-state index is 0.350. The van der Waals surface area contributed by atoms with Crippen molar-refractivity contribution >= 4 is 34.7 Å². The Kier molecular flexibility index (Phi) is 4.18. The molecule has 0 spiro atoms. The summed E-state index contributed by atoms with van der Waals surface area (Å²) in [6.45, 7) is 0. The van der Waals surface area contributed by atoms with Gasteiger partial charge in [0.25, 0.3) is 0 Å². The Morgan fingerprint density at radius 1 is 0.923 bits per heavy atom. The van der Waals surface area contributed by atoms with E-state index in [-0.39, 0.29) is 0 Å². The summed E-state index contributed by atoms with van der Waals surface area (Å²) in [6, 6.07) is 13.3. The number of methoxy groups -OCH3 is 1. The van der Waals surface area contributed by atoms with Crippen LogP contribution in [0.3, 0.4) is 0 Å². The van der Waals surface area contributed by atoms with Gasteiger partial charge in [0.1, 0.15) is 0 Å². The molecule has 2 aromatic carbocycles. The summed E-state index contributed by atoms with van der Waals surface area (Å²) in [4.78, 5) is 9.04. The number of ether oxygens (including phenoxy) is 1. The molecule has 0 fully saturated rings. The fourth-order valence-corrected chi connectivity index (χ4v) is 3.45. The Morgan fingerprint density at radius 2 is 1.54 bits per heavy atom. The van der Waals surface area contributed by atoms with Crippen LogP contribution in [0.1, 0.15) is 0 Å². The van der Waals surface area contributed by atoms with Gasteiger partial charge in [0.15, 0.2) is 17.2 Å². The molecule has 0 radical (unpaired) electrons. The second kappa shape index (κ2) is 6.52. The third kappa shape index (κ3) is 2.85. The van der Waals surface area contributed by atoms with E-state index in [0.29, 0.717) is 33.0 Å². The van der Waals surface area contributed by atoms with Crippen molar-refractivity contribution in [3.8, 4) is 28.3 Å². The van der Waals surface area contributed by atoms with Crippen LogP contribution in [0.15, 0.2) is 54.9 Å². The van der Waals surface area contributed by atoms with Gasteiger partial charge in [0.2, 0.25) is 0 Å². The van der Waals surface area contributed by atoms with Crippen LogP contribution in [-0.2, 0) is 0 Å². The van der Waals surface area contributed by atoms with Gasteiger partial charge >= 0.3 is 0 Å². The van der Waals surface area contributed by atoms with Crippen LogP contribution in [0.25, 0.3) is 28.2 Å². The molecule has 26 heavy (non-hydrogen) atoms. The largest absolute Gasteiger partial charge is 0.494 e. The zero-order valence-corrected chi connectivity index (χ0v) is 15.3. The molecule has 2 aromatic heterocycles. The van der Waals surface area contributed by atoms with E-state index in [1.165, 1.54) is 7.11 Å². The van der Waals surface area contributed by atoms with Crippen molar-refractivity contribution < 1.29 is 4.74 Å². The van der Waals surface area contributed by atoms with Crippen LogP contribution in [0.4, 0.5) is 5.82 Å². The lowest BCUT2D eigenvalue weighted by Gasteiger charge is -2.07. The average Bonchev–Trinajstić information content (AvgIpc) is 3.07. The summed E-state index contributed by atoms with van der Waals surface area (Å²) in [5.41, 5.74) is 9.90. The number of fused-ring (bicyclic) bond motifs is 1. The van der Waals surface area contributed by atoms with E-state index in [9.17, 15) is 0 Å². The lowest BCUT2D eigenvalue weighted by atomic mass is 10.1. The summed E-state index contributed by atoms with van der Waals surface area (Å²) >= 11 is 12.5. The number of hydrogen-bond donors (Lipinski definition) is 1. The van der Waals surface area contributed by atoms with Gasteiger partial charge in [0, 0.05) is 23.5 Å². The maximum absolute atomic E-state index is 6.24. The Labute approximate surface area is 160 Å². The maximum atomic E-state index is 6.24. The molecule has 4 rings (SSSR count). The Morgan fingerprint density at radius 3 is 2.15 bits per heavy atom. The fraction of sp³-hybridized carbons (Fsp3) is 0.0526. The van der Waals surface area contributed by atoms with Crippen molar-refractivity contribution in [1.29, 1.82) is 0 Å². The highest BCUT2D eigenvalue weighted by molar-refractivity contribution is 6.37. The quantitative estimate of drug-likeness (QED) is 0.541. The summed E-state index contributed by atoms with van der Waals surface area (Å²) in [7, 11) is 1.52. The number of aromatic nitrogens is 3. The van der Waals surface area contributed by atoms with Crippen molar-refractivity contribution in [2.45, 2.75) is 0 Å². The van der Waals surface area contributed by atoms with Gasteiger partial charge in [-0.25, -0.2) is 9.97 Å². The molecule has 5 nitrogen and oxygen atoms in total. The van der Waals surface area contributed by atoms with E-state index in [0.717, 1.165) is 16.8 Å². The fourth-order valence-electron chi connectivity index (χ4n) is 2.81. The molecule has 0 aliphatic rings. The first kappa shape index (κ1) is 16.7. The molecule has 2 N–H and O–H groups in total. The first-order valence-electron chi connectivity index (χ1n) is 7.81. The highest BCUT2D eigenvalue weighted by Crippen LogP contribution is 2.37. The predicted octanol–water partition coefficient (Wildman–Crippen LogP) is 4.96. The van der Waals surface area contributed by atoms with Crippen LogP contribution in [-0.4, -0.2) is 21.5 Å². The topological polar surface area (TPSA) is 65.4 Å². The Hall–Kier alpha value is -2.76. The summed E-state index contributed by atoms with van der Waals surface area (Å²) in [5, 5.41) is 0.839. The van der Waals surface area contributed by atoms with Crippen LogP contribution < -0.4 is 10.5 Å². The number of nitrogens with two attached hydrogens (primary N) is 1. The molecule has 7 heteroatoms. The highest BCUT2D eigenvalue weighted by atomic mass is 35.5. The molecule has 0 aliphatic heterocycles. The van der Waals surface area contributed by atoms with Gasteiger partial charge in [-0.1, -0.05) is 53.5 Å². The molecular formula is C19H14Cl2N4O. The van der Waals surface area contributed by atoms with Crippen LogP contribution in [0.5, 0.6) is 5.75 Å². The Balaban J connectivity index is 1.85. The lowest BCUT2D eigenvalue weighted by Crippen LogP contribution is -1.98. The van der Waals surface area contributed by atoms with Crippen LogP contribution in [0.2, 0.25) is 10.0 Å². The molecular weight excluding hydrogens is 371 g/mol. The second-order valence-corrected chi connectivity index (χ2v) is 6.52. The summed E-state index contributed by atoms with van der Waals surface area (Å²) in [5.74, 6) is 0.789. The van der Waals surface area contributed by atoms with Gasteiger partial charge in [0.05, 0.1) is 28.5 Å². The van der Waals surface area contributed by atoms with Gasteiger partial charge < -0.3 is 14.9 Å². The number of anilines is 1. The molecule has 130 valence electrons. The molecule has 0 atom stereocenters. The van der Waals surface area contributed by atoms with Crippen LogP contribution >= 0.6 is 23.2 Å². The van der Waals surface area contributed by atoms with Gasteiger partial charge in [-0.3, -0.25) is 0 Å². The minimum atomic E-state index is 0.350. The third-order valence-corrected chi connectivity index (χ3v) is 4.59. The van der Waals surface area contributed by atoms with E-state index in [2.05, 4.69) is 9.97 Å². The van der Waals surface area contributed by atoms with Crippen LogP contribution in [0, 0.1) is 0 Å². The first-order valence-corrected chi connectivity index (χ1v) is 8.56. The third-order valence-electron chi connectivity index (χ3n) is 4.03. The molecule has 0 bridgehead atoms. The first-order chi connectivity index (χ1) is 12.6. The molecule has 4 aromatic rings. The molecule has 0 unspecified atom stereocenters. The van der Waals surface area contributed by atoms with Gasteiger partial charge in [-0.2, -0.15) is 0 Å². The van der Waals surface area contributed by atoms with Crippen molar-refractivity contribution in [3.05, 3.63) is 64.9 Å². The van der Waals surface area contributed by atoms with E-state index in [1.54, 1.807) is 12.1 Å². The number of imidazole rings is 1. The standard InChI is InChI=1S/C19H14Cl2N4O/c1-26-17-13(20)7-12(8-14(17)21)16-10-25-9-15(11-5-3-2-4-6-11)23-18(22)19(25)24-16/h2-10H,1H3,(H2,22,23). The van der Waals surface area contributed by atoms with E-state index in [4.69, 9.17) is 33.7 Å². The number of nitrogen functional groups attached to an aromatic ring is 1. The van der Waals surface area contributed by atoms with Crippen molar-refractivity contribution in [1.82, 2.24) is 14.4 Å². The molecule has 0 amide bonds. The monoisotopic (exact) mass is 384 g/mol. The number of hydrogen-bond acceptors (Lipinski definition) is 4.